The second-order valence-corrected chi connectivity index (χ2v) is 3.20. The number of hydrogen-bond donors (Lipinski definition) is 1. The van der Waals surface area contributed by atoms with Gasteiger partial charge in [-0.1, -0.05) is 6.42 Å². The van der Waals surface area contributed by atoms with Crippen LogP contribution in [0.25, 0.3) is 0 Å². The van der Waals surface area contributed by atoms with Crippen molar-refractivity contribution in [2.45, 2.75) is 31.6 Å². The highest BCUT2D eigenvalue weighted by molar-refractivity contribution is 4.96. The molecule has 0 unspecified atom stereocenters. The quantitative estimate of drug-likeness (QED) is 0.724. The molecule has 4 heteroatoms. The van der Waals surface area contributed by atoms with E-state index in [2.05, 4.69) is 10.2 Å². The molecule has 1 fully saturated rings. The molecule has 1 aromatic heterocycles. The zero-order valence-corrected chi connectivity index (χ0v) is 6.99. The Balaban J connectivity index is 2.02. The first-order chi connectivity index (χ1) is 5.90. The van der Waals surface area contributed by atoms with Gasteiger partial charge in [-0.25, -0.2) is 0 Å². The lowest BCUT2D eigenvalue weighted by Crippen LogP contribution is -2.08. The monoisotopic (exact) mass is 167 g/mol. The highest BCUT2D eigenvalue weighted by atomic mass is 16.4. The minimum atomic E-state index is 0.532. The molecule has 4 nitrogen and oxygen atoms in total. The van der Waals surface area contributed by atoms with E-state index in [-0.39, 0.29) is 0 Å². The number of aromatic nitrogens is 2. The third kappa shape index (κ3) is 1.34. The molecule has 0 saturated heterocycles. The van der Waals surface area contributed by atoms with E-state index < -0.39 is 0 Å². The highest BCUT2D eigenvalue weighted by Gasteiger charge is 2.24. The molecule has 0 aromatic carbocycles. The van der Waals surface area contributed by atoms with Crippen molar-refractivity contribution in [2.75, 3.05) is 6.54 Å². The van der Waals surface area contributed by atoms with Crippen LogP contribution in [0.1, 0.15) is 37.0 Å². The molecule has 0 amide bonds. The van der Waals surface area contributed by atoms with Crippen LogP contribution in [0.5, 0.6) is 0 Å². The maximum Gasteiger partial charge on any atom is 0.219 e. The van der Waals surface area contributed by atoms with E-state index in [1.54, 1.807) is 0 Å². The summed E-state index contributed by atoms with van der Waals surface area (Å²) in [6.45, 7) is 0.576. The van der Waals surface area contributed by atoms with Crippen LogP contribution in [0.3, 0.4) is 0 Å². The lowest BCUT2D eigenvalue weighted by Gasteiger charge is -2.20. The van der Waals surface area contributed by atoms with E-state index in [4.69, 9.17) is 10.2 Å². The van der Waals surface area contributed by atoms with Gasteiger partial charge in [-0.3, -0.25) is 0 Å². The molecular formula is C8H13N3O. The first-order valence-corrected chi connectivity index (χ1v) is 4.42. The van der Waals surface area contributed by atoms with Gasteiger partial charge in [0.15, 0.2) is 0 Å². The van der Waals surface area contributed by atoms with Crippen LogP contribution in [-0.4, -0.2) is 16.7 Å². The number of hydrogen-bond acceptors (Lipinski definition) is 4. The lowest BCUT2D eigenvalue weighted by molar-refractivity contribution is 0.325. The molecule has 0 bridgehead atoms. The highest BCUT2D eigenvalue weighted by Crippen LogP contribution is 2.35. The molecule has 66 valence electrons. The van der Waals surface area contributed by atoms with Gasteiger partial charge >= 0.3 is 0 Å². The van der Waals surface area contributed by atoms with Gasteiger partial charge in [-0.15, -0.1) is 10.2 Å². The summed E-state index contributed by atoms with van der Waals surface area (Å²) in [4.78, 5) is 0. The Bertz CT molecular complexity index is 255. The van der Waals surface area contributed by atoms with Crippen LogP contribution in [-0.2, 0) is 6.42 Å². The lowest BCUT2D eigenvalue weighted by atomic mass is 9.85. The molecular weight excluding hydrogens is 154 g/mol. The Labute approximate surface area is 71.2 Å². The summed E-state index contributed by atoms with van der Waals surface area (Å²) in [6, 6.07) is 0. The maximum atomic E-state index is 5.43. The van der Waals surface area contributed by atoms with Crippen molar-refractivity contribution in [1.82, 2.24) is 10.2 Å². The van der Waals surface area contributed by atoms with E-state index >= 15 is 0 Å². The average molecular weight is 167 g/mol. The second-order valence-electron chi connectivity index (χ2n) is 3.20. The summed E-state index contributed by atoms with van der Waals surface area (Å²) in [5.41, 5.74) is 5.36. The third-order valence-electron chi connectivity index (χ3n) is 2.30. The van der Waals surface area contributed by atoms with Crippen LogP contribution in [0, 0.1) is 0 Å². The van der Waals surface area contributed by atoms with Crippen LogP contribution in [0.2, 0.25) is 0 Å². The predicted octanol–water partition coefficient (Wildman–Crippen LogP) is 0.838. The molecule has 1 saturated carbocycles. The standard InChI is InChI=1S/C8H13N3O/c9-5-4-7-10-11-8(12-7)6-2-1-3-6/h6H,1-5,9H2. The van der Waals surface area contributed by atoms with Crippen LogP contribution in [0.15, 0.2) is 4.42 Å². The average Bonchev–Trinajstić information content (AvgIpc) is 2.34. The Kier molecular flexibility index (Phi) is 2.08. The van der Waals surface area contributed by atoms with Gasteiger partial charge in [0.05, 0.1) is 0 Å². The molecule has 12 heavy (non-hydrogen) atoms. The van der Waals surface area contributed by atoms with Gasteiger partial charge in [0.2, 0.25) is 11.8 Å². The van der Waals surface area contributed by atoms with Crippen molar-refractivity contribution in [3.05, 3.63) is 11.8 Å². The largest absolute Gasteiger partial charge is 0.425 e. The van der Waals surface area contributed by atoms with Crippen molar-refractivity contribution in [3.8, 4) is 0 Å². The minimum Gasteiger partial charge on any atom is -0.425 e. The smallest absolute Gasteiger partial charge is 0.219 e. The molecule has 0 spiro atoms. The minimum absolute atomic E-state index is 0.532. The maximum absolute atomic E-state index is 5.43. The molecule has 0 radical (unpaired) electrons. The first kappa shape index (κ1) is 7.73. The molecule has 2 rings (SSSR count). The topological polar surface area (TPSA) is 64.9 Å². The van der Waals surface area contributed by atoms with Crippen molar-refractivity contribution in [3.63, 3.8) is 0 Å². The summed E-state index contributed by atoms with van der Waals surface area (Å²) >= 11 is 0. The van der Waals surface area contributed by atoms with Gasteiger partial charge in [0.1, 0.15) is 0 Å². The van der Waals surface area contributed by atoms with E-state index in [1.807, 2.05) is 0 Å². The van der Waals surface area contributed by atoms with Crippen LogP contribution >= 0.6 is 0 Å². The fraction of sp³-hybridized carbons (Fsp3) is 0.750. The summed E-state index contributed by atoms with van der Waals surface area (Å²) in [7, 11) is 0. The van der Waals surface area contributed by atoms with Gasteiger partial charge in [-0.2, -0.15) is 0 Å². The molecule has 0 atom stereocenters. The Hall–Kier alpha value is -0.900. The van der Waals surface area contributed by atoms with Gasteiger partial charge < -0.3 is 10.2 Å². The normalized spacial score (nSPS) is 17.8. The van der Waals surface area contributed by atoms with E-state index in [1.165, 1.54) is 19.3 Å². The fourth-order valence-electron chi connectivity index (χ4n) is 1.31. The first-order valence-electron chi connectivity index (χ1n) is 4.42. The summed E-state index contributed by atoms with van der Waals surface area (Å²) < 4.78 is 5.43. The van der Waals surface area contributed by atoms with Gasteiger partial charge in [-0.05, 0) is 12.8 Å². The van der Waals surface area contributed by atoms with Crippen molar-refractivity contribution < 1.29 is 4.42 Å². The van der Waals surface area contributed by atoms with E-state index in [9.17, 15) is 0 Å². The van der Waals surface area contributed by atoms with Crippen molar-refractivity contribution in [1.29, 1.82) is 0 Å². The SMILES string of the molecule is NCCc1nnc(C2CCC2)o1. The predicted molar refractivity (Wildman–Crippen MR) is 43.6 cm³/mol. The third-order valence-corrected chi connectivity index (χ3v) is 2.30. The molecule has 1 aromatic rings. The molecule has 2 N–H and O–H groups in total. The summed E-state index contributed by atoms with van der Waals surface area (Å²) in [6.07, 6.45) is 4.38. The summed E-state index contributed by atoms with van der Waals surface area (Å²) in [5, 5.41) is 7.90. The Morgan fingerprint density at radius 1 is 1.42 bits per heavy atom. The van der Waals surface area contributed by atoms with Crippen LogP contribution < -0.4 is 5.73 Å². The number of nitrogens with zero attached hydrogens (tertiary/aromatic N) is 2. The Morgan fingerprint density at radius 2 is 2.25 bits per heavy atom. The van der Waals surface area contributed by atoms with Gasteiger partial charge in [0.25, 0.3) is 0 Å². The zero-order chi connectivity index (χ0) is 8.39. The molecule has 1 aliphatic rings. The van der Waals surface area contributed by atoms with Crippen molar-refractivity contribution in [2.24, 2.45) is 5.73 Å². The van der Waals surface area contributed by atoms with Crippen LogP contribution in [0.4, 0.5) is 0 Å². The summed E-state index contributed by atoms with van der Waals surface area (Å²) in [5.74, 6) is 2.02. The van der Waals surface area contributed by atoms with E-state index in [0.29, 0.717) is 24.8 Å². The van der Waals surface area contributed by atoms with E-state index in [0.717, 1.165) is 5.89 Å². The molecule has 0 aliphatic heterocycles. The number of nitrogens with two attached hydrogens (primary N) is 1. The van der Waals surface area contributed by atoms with Gasteiger partial charge in [0, 0.05) is 18.9 Å². The second kappa shape index (κ2) is 3.23. The molecule has 1 heterocycles. The Morgan fingerprint density at radius 3 is 2.83 bits per heavy atom. The zero-order valence-electron chi connectivity index (χ0n) is 6.99. The fourth-order valence-corrected chi connectivity index (χ4v) is 1.31. The molecule has 1 aliphatic carbocycles. The van der Waals surface area contributed by atoms with Crippen molar-refractivity contribution >= 4 is 0 Å². The number of rotatable bonds is 3.